The van der Waals surface area contributed by atoms with Gasteiger partial charge in [-0.25, -0.2) is 0 Å². The van der Waals surface area contributed by atoms with E-state index in [1.165, 1.54) is 20.3 Å². The van der Waals surface area contributed by atoms with Crippen molar-refractivity contribution in [3.8, 4) is 11.5 Å². The smallest absolute Gasteiger partial charge is 0.320 e. The molecule has 3 N–H and O–H groups in total. The molecular formula is C11H13ClFNO4. The molecule has 0 aromatic heterocycles. The van der Waals surface area contributed by atoms with E-state index in [4.69, 9.17) is 31.9 Å². The van der Waals surface area contributed by atoms with E-state index in [2.05, 4.69) is 0 Å². The van der Waals surface area contributed by atoms with Gasteiger partial charge in [-0.3, -0.25) is 4.79 Å². The average molecular weight is 278 g/mol. The van der Waals surface area contributed by atoms with E-state index in [9.17, 15) is 9.18 Å². The molecule has 0 radical (unpaired) electrons. The second-order valence-corrected chi connectivity index (χ2v) is 3.95. The molecule has 0 saturated carbocycles. The average Bonchev–Trinajstić information content (AvgIpc) is 2.29. The number of halogens is 2. The van der Waals surface area contributed by atoms with Gasteiger partial charge in [0.2, 0.25) is 5.82 Å². The SMILES string of the molecule is COc1c(Cl)cc(CC(N)C(=O)O)c(OC)c1F. The molecule has 0 bridgehead atoms. The minimum absolute atomic E-state index is 0.0309. The zero-order valence-corrected chi connectivity index (χ0v) is 10.6. The van der Waals surface area contributed by atoms with E-state index in [0.29, 0.717) is 0 Å². The summed E-state index contributed by atoms with van der Waals surface area (Å²) in [6, 6.07) is 0.216. The molecule has 1 unspecified atom stereocenters. The molecule has 0 amide bonds. The molecule has 18 heavy (non-hydrogen) atoms. The Balaban J connectivity index is 3.24. The van der Waals surface area contributed by atoms with Crippen LogP contribution in [0.2, 0.25) is 5.02 Å². The summed E-state index contributed by atoms with van der Waals surface area (Å²) < 4.78 is 23.6. The monoisotopic (exact) mass is 277 g/mol. The first-order valence-electron chi connectivity index (χ1n) is 4.99. The maximum absolute atomic E-state index is 13.9. The summed E-state index contributed by atoms with van der Waals surface area (Å²) in [5.41, 5.74) is 5.66. The Morgan fingerprint density at radius 3 is 2.50 bits per heavy atom. The Morgan fingerprint density at radius 2 is 2.06 bits per heavy atom. The van der Waals surface area contributed by atoms with Gasteiger partial charge < -0.3 is 20.3 Å². The number of hydrogen-bond donors (Lipinski definition) is 2. The van der Waals surface area contributed by atoms with Crippen LogP contribution in [0.15, 0.2) is 6.07 Å². The Bertz CT molecular complexity index is 467. The fraction of sp³-hybridized carbons (Fsp3) is 0.364. The quantitative estimate of drug-likeness (QED) is 0.851. The van der Waals surface area contributed by atoms with Crippen molar-refractivity contribution in [2.45, 2.75) is 12.5 Å². The highest BCUT2D eigenvalue weighted by Gasteiger charge is 2.22. The lowest BCUT2D eigenvalue weighted by Crippen LogP contribution is -2.32. The second kappa shape index (κ2) is 5.88. The van der Waals surface area contributed by atoms with E-state index >= 15 is 0 Å². The predicted molar refractivity (Wildman–Crippen MR) is 63.8 cm³/mol. The van der Waals surface area contributed by atoms with Crippen molar-refractivity contribution in [2.24, 2.45) is 5.73 Å². The number of carboxylic acid groups (broad SMARTS) is 1. The molecule has 0 aliphatic carbocycles. The topological polar surface area (TPSA) is 81.8 Å². The van der Waals surface area contributed by atoms with E-state index in [1.54, 1.807) is 0 Å². The maximum Gasteiger partial charge on any atom is 0.320 e. The summed E-state index contributed by atoms with van der Waals surface area (Å²) in [5.74, 6) is -2.24. The first-order chi connectivity index (χ1) is 8.42. The number of hydrogen-bond acceptors (Lipinski definition) is 4. The molecular weight excluding hydrogens is 265 g/mol. The minimum atomic E-state index is -1.19. The van der Waals surface area contributed by atoms with Gasteiger partial charge in [0.15, 0.2) is 11.5 Å². The Hall–Kier alpha value is -1.53. The fourth-order valence-electron chi connectivity index (χ4n) is 1.52. The van der Waals surface area contributed by atoms with Crippen LogP contribution in [0, 0.1) is 5.82 Å². The van der Waals surface area contributed by atoms with Gasteiger partial charge in [0, 0.05) is 12.0 Å². The molecule has 1 aromatic rings. The van der Waals surface area contributed by atoms with Gasteiger partial charge in [-0.15, -0.1) is 0 Å². The van der Waals surface area contributed by atoms with E-state index in [1.807, 2.05) is 0 Å². The number of aliphatic carboxylic acids is 1. The zero-order chi connectivity index (χ0) is 13.9. The number of carbonyl (C=O) groups is 1. The molecule has 0 fully saturated rings. The molecule has 100 valence electrons. The van der Waals surface area contributed by atoms with Crippen LogP contribution >= 0.6 is 11.6 Å². The molecule has 7 heteroatoms. The molecule has 1 aromatic carbocycles. The Kier molecular flexibility index (Phi) is 4.75. The lowest BCUT2D eigenvalue weighted by atomic mass is 10.0. The third-order valence-corrected chi connectivity index (χ3v) is 2.65. The van der Waals surface area contributed by atoms with Crippen molar-refractivity contribution in [1.29, 1.82) is 0 Å². The number of rotatable bonds is 5. The van der Waals surface area contributed by atoms with Crippen molar-refractivity contribution in [3.05, 3.63) is 22.5 Å². The Morgan fingerprint density at radius 1 is 1.50 bits per heavy atom. The van der Waals surface area contributed by atoms with Gasteiger partial charge in [-0.05, 0) is 6.07 Å². The Labute approximate surface area is 108 Å². The third kappa shape index (κ3) is 2.83. The van der Waals surface area contributed by atoms with Crippen molar-refractivity contribution >= 4 is 17.6 Å². The van der Waals surface area contributed by atoms with Crippen LogP contribution in [-0.4, -0.2) is 31.3 Å². The van der Waals surface area contributed by atoms with Crippen molar-refractivity contribution in [3.63, 3.8) is 0 Å². The zero-order valence-electron chi connectivity index (χ0n) is 9.87. The maximum atomic E-state index is 13.9. The highest BCUT2D eigenvalue weighted by molar-refractivity contribution is 6.32. The summed E-state index contributed by atoms with van der Waals surface area (Å²) in [6.07, 6.45) is -0.0981. The molecule has 0 aliphatic heterocycles. The van der Waals surface area contributed by atoms with E-state index in [0.717, 1.165) is 0 Å². The number of nitrogens with two attached hydrogens (primary N) is 1. The minimum Gasteiger partial charge on any atom is -0.493 e. The molecule has 0 aliphatic rings. The van der Waals surface area contributed by atoms with Crippen LogP contribution in [0.3, 0.4) is 0 Å². The fourth-order valence-corrected chi connectivity index (χ4v) is 1.81. The van der Waals surface area contributed by atoms with Crippen LogP contribution in [0.1, 0.15) is 5.56 Å². The summed E-state index contributed by atoms with van der Waals surface area (Å²) in [4.78, 5) is 10.7. The summed E-state index contributed by atoms with van der Waals surface area (Å²) in [7, 11) is 2.54. The lowest BCUT2D eigenvalue weighted by molar-refractivity contribution is -0.138. The summed E-state index contributed by atoms with van der Waals surface area (Å²) in [6.45, 7) is 0. The molecule has 5 nitrogen and oxygen atoms in total. The number of ether oxygens (including phenoxy) is 2. The predicted octanol–water partition coefficient (Wildman–Crippen LogP) is 1.45. The summed E-state index contributed by atoms with van der Waals surface area (Å²) in [5, 5.41) is 8.76. The first kappa shape index (κ1) is 14.5. The van der Waals surface area contributed by atoms with Gasteiger partial charge in [-0.1, -0.05) is 11.6 Å². The molecule has 1 atom stereocenters. The standard InChI is InChI=1S/C11H13ClFNO4/c1-17-9-5(4-7(14)11(15)16)3-6(12)10(18-2)8(9)13/h3,7H,4,14H2,1-2H3,(H,15,16). The van der Waals surface area contributed by atoms with Crippen LogP contribution in [0.25, 0.3) is 0 Å². The van der Waals surface area contributed by atoms with Gasteiger partial charge >= 0.3 is 5.97 Å². The van der Waals surface area contributed by atoms with Crippen LogP contribution in [0.5, 0.6) is 11.5 Å². The second-order valence-electron chi connectivity index (χ2n) is 3.55. The van der Waals surface area contributed by atoms with Crippen LogP contribution < -0.4 is 15.2 Å². The van der Waals surface area contributed by atoms with Crippen LogP contribution in [0.4, 0.5) is 4.39 Å². The molecule has 0 saturated heterocycles. The molecule has 1 rings (SSSR count). The van der Waals surface area contributed by atoms with Gasteiger partial charge in [-0.2, -0.15) is 4.39 Å². The van der Waals surface area contributed by atoms with Crippen molar-refractivity contribution in [2.75, 3.05) is 14.2 Å². The molecule has 0 spiro atoms. The number of benzene rings is 1. The largest absolute Gasteiger partial charge is 0.493 e. The third-order valence-electron chi connectivity index (χ3n) is 2.37. The van der Waals surface area contributed by atoms with Gasteiger partial charge in [0.05, 0.1) is 19.2 Å². The molecule has 0 heterocycles. The number of methoxy groups -OCH3 is 2. The highest BCUT2D eigenvalue weighted by Crippen LogP contribution is 2.37. The first-order valence-corrected chi connectivity index (χ1v) is 5.37. The van der Waals surface area contributed by atoms with Crippen molar-refractivity contribution < 1.29 is 23.8 Å². The van der Waals surface area contributed by atoms with E-state index in [-0.39, 0.29) is 28.5 Å². The van der Waals surface area contributed by atoms with E-state index < -0.39 is 17.8 Å². The van der Waals surface area contributed by atoms with Gasteiger partial charge in [0.25, 0.3) is 0 Å². The normalized spacial score (nSPS) is 12.1. The van der Waals surface area contributed by atoms with Crippen LogP contribution in [-0.2, 0) is 11.2 Å². The summed E-state index contributed by atoms with van der Waals surface area (Å²) >= 11 is 5.82. The lowest BCUT2D eigenvalue weighted by Gasteiger charge is -2.15. The van der Waals surface area contributed by atoms with Crippen molar-refractivity contribution in [1.82, 2.24) is 0 Å². The number of carboxylic acids is 1. The highest BCUT2D eigenvalue weighted by atomic mass is 35.5. The van der Waals surface area contributed by atoms with Gasteiger partial charge in [0.1, 0.15) is 6.04 Å².